The first-order valence-electron chi connectivity index (χ1n) is 6.75. The van der Waals surface area contributed by atoms with Crippen LogP contribution in [0.3, 0.4) is 0 Å². The van der Waals surface area contributed by atoms with E-state index in [4.69, 9.17) is 4.74 Å². The summed E-state index contributed by atoms with van der Waals surface area (Å²) in [5.74, 6) is -0.226. The number of nitrogens with zero attached hydrogens (tertiary/aromatic N) is 1. The molecule has 0 bridgehead atoms. The minimum absolute atomic E-state index is 0.103. The number of pyridine rings is 2. The molecule has 2 aromatic rings. The maximum absolute atomic E-state index is 12.2. The second-order valence-corrected chi connectivity index (χ2v) is 4.89. The predicted octanol–water partition coefficient (Wildman–Crippen LogP) is 1.03. The van der Waals surface area contributed by atoms with Gasteiger partial charge in [-0.3, -0.25) is 14.6 Å². The third-order valence-electron chi connectivity index (χ3n) is 3.47. The molecule has 3 heterocycles. The van der Waals surface area contributed by atoms with E-state index in [0.29, 0.717) is 12.2 Å². The molecule has 2 atom stereocenters. The van der Waals surface area contributed by atoms with Gasteiger partial charge in [0.25, 0.3) is 5.91 Å². The molecule has 0 unspecified atom stereocenters. The summed E-state index contributed by atoms with van der Waals surface area (Å²) in [5, 5.41) is 2.95. The summed E-state index contributed by atoms with van der Waals surface area (Å²) in [6.45, 7) is 0.593. The van der Waals surface area contributed by atoms with Crippen LogP contribution in [0, 0.1) is 0 Å². The molecule has 2 aromatic heterocycles. The summed E-state index contributed by atoms with van der Waals surface area (Å²) in [5.41, 5.74) is 1.14. The normalized spacial score (nSPS) is 21.1. The van der Waals surface area contributed by atoms with Crippen molar-refractivity contribution < 1.29 is 9.53 Å². The van der Waals surface area contributed by atoms with Gasteiger partial charge in [-0.1, -0.05) is 6.07 Å². The van der Waals surface area contributed by atoms with Crippen LogP contribution in [0.4, 0.5) is 0 Å². The maximum Gasteiger partial charge on any atom is 0.253 e. The van der Waals surface area contributed by atoms with E-state index in [9.17, 15) is 9.59 Å². The Balaban J connectivity index is 1.73. The van der Waals surface area contributed by atoms with Crippen LogP contribution in [0.15, 0.2) is 47.7 Å². The van der Waals surface area contributed by atoms with Gasteiger partial charge in [-0.25, -0.2) is 0 Å². The second kappa shape index (κ2) is 5.88. The van der Waals surface area contributed by atoms with Gasteiger partial charge >= 0.3 is 0 Å². The molecule has 1 aliphatic rings. The largest absolute Gasteiger partial charge is 0.371 e. The fourth-order valence-corrected chi connectivity index (χ4v) is 2.41. The van der Waals surface area contributed by atoms with Gasteiger partial charge in [0, 0.05) is 36.8 Å². The van der Waals surface area contributed by atoms with Gasteiger partial charge in [-0.2, -0.15) is 0 Å². The average Bonchev–Trinajstić information content (AvgIpc) is 2.97. The van der Waals surface area contributed by atoms with Crippen molar-refractivity contribution in [3.05, 3.63) is 64.3 Å². The third kappa shape index (κ3) is 3.00. The number of hydrogen-bond acceptors (Lipinski definition) is 4. The fourth-order valence-electron chi connectivity index (χ4n) is 2.41. The molecule has 21 heavy (non-hydrogen) atoms. The van der Waals surface area contributed by atoms with Crippen molar-refractivity contribution in [2.75, 3.05) is 6.61 Å². The number of H-pyrrole nitrogens is 1. The van der Waals surface area contributed by atoms with Gasteiger partial charge in [0.1, 0.15) is 6.10 Å². The van der Waals surface area contributed by atoms with Crippen molar-refractivity contribution in [3.8, 4) is 0 Å². The molecule has 1 amide bonds. The summed E-state index contributed by atoms with van der Waals surface area (Å²) in [6, 6.07) is 6.51. The first-order chi connectivity index (χ1) is 10.2. The molecule has 3 rings (SSSR count). The van der Waals surface area contributed by atoms with Crippen LogP contribution in [0.1, 0.15) is 28.4 Å². The summed E-state index contributed by atoms with van der Waals surface area (Å²) in [6.07, 6.45) is 5.41. The lowest BCUT2D eigenvalue weighted by Gasteiger charge is -2.19. The van der Waals surface area contributed by atoms with E-state index in [1.807, 2.05) is 12.1 Å². The van der Waals surface area contributed by atoms with Crippen LogP contribution in [0.5, 0.6) is 0 Å². The van der Waals surface area contributed by atoms with Crippen LogP contribution in [0.2, 0.25) is 0 Å². The lowest BCUT2D eigenvalue weighted by molar-refractivity contribution is 0.0820. The minimum Gasteiger partial charge on any atom is -0.371 e. The molecular weight excluding hydrogens is 270 g/mol. The number of carbonyl (C=O) groups is 1. The van der Waals surface area contributed by atoms with Gasteiger partial charge in [-0.05, 0) is 18.6 Å². The molecule has 1 saturated heterocycles. The molecule has 6 nitrogen and oxygen atoms in total. The van der Waals surface area contributed by atoms with Crippen molar-refractivity contribution >= 4 is 5.91 Å². The van der Waals surface area contributed by atoms with Crippen LogP contribution in [-0.2, 0) is 4.74 Å². The Bertz CT molecular complexity index is 664. The Kier molecular flexibility index (Phi) is 3.79. The van der Waals surface area contributed by atoms with Crippen molar-refractivity contribution in [2.45, 2.75) is 18.6 Å². The van der Waals surface area contributed by atoms with Gasteiger partial charge < -0.3 is 15.0 Å². The number of aromatic amines is 1. The number of ether oxygens (including phenoxy) is 1. The van der Waals surface area contributed by atoms with Crippen molar-refractivity contribution in [3.63, 3.8) is 0 Å². The third-order valence-corrected chi connectivity index (χ3v) is 3.47. The molecule has 0 aliphatic carbocycles. The van der Waals surface area contributed by atoms with E-state index in [2.05, 4.69) is 15.3 Å². The van der Waals surface area contributed by atoms with Crippen LogP contribution >= 0.6 is 0 Å². The van der Waals surface area contributed by atoms with Crippen molar-refractivity contribution in [1.29, 1.82) is 0 Å². The highest BCUT2D eigenvalue weighted by atomic mass is 16.5. The van der Waals surface area contributed by atoms with Crippen LogP contribution in [0.25, 0.3) is 0 Å². The number of rotatable bonds is 3. The summed E-state index contributed by atoms with van der Waals surface area (Å²) >= 11 is 0. The highest BCUT2D eigenvalue weighted by molar-refractivity contribution is 5.94. The minimum atomic E-state index is -0.232. The monoisotopic (exact) mass is 285 g/mol. The maximum atomic E-state index is 12.2. The molecule has 0 aromatic carbocycles. The Labute approximate surface area is 121 Å². The lowest BCUT2D eigenvalue weighted by Crippen LogP contribution is -2.37. The molecule has 0 spiro atoms. The first kappa shape index (κ1) is 13.5. The Hall–Kier alpha value is -2.47. The molecular formula is C15H15N3O3. The van der Waals surface area contributed by atoms with Crippen molar-refractivity contribution in [1.82, 2.24) is 15.3 Å². The predicted molar refractivity (Wildman–Crippen MR) is 75.9 cm³/mol. The Morgan fingerprint density at radius 3 is 3.00 bits per heavy atom. The fraction of sp³-hybridized carbons (Fsp3) is 0.267. The number of carbonyl (C=O) groups excluding carboxylic acids is 1. The van der Waals surface area contributed by atoms with Crippen molar-refractivity contribution in [2.24, 2.45) is 0 Å². The summed E-state index contributed by atoms with van der Waals surface area (Å²) in [4.78, 5) is 29.8. The summed E-state index contributed by atoms with van der Waals surface area (Å²) < 4.78 is 5.69. The lowest BCUT2D eigenvalue weighted by atomic mass is 10.0. The number of nitrogens with one attached hydrogen (secondary N) is 2. The molecule has 108 valence electrons. The molecule has 0 radical (unpaired) electrons. The van der Waals surface area contributed by atoms with E-state index >= 15 is 0 Å². The van der Waals surface area contributed by atoms with E-state index in [1.165, 1.54) is 18.3 Å². The topological polar surface area (TPSA) is 84.1 Å². The van der Waals surface area contributed by atoms with Crippen LogP contribution < -0.4 is 10.9 Å². The molecule has 2 N–H and O–H groups in total. The van der Waals surface area contributed by atoms with Gasteiger partial charge in [0.2, 0.25) is 5.56 Å². The second-order valence-electron chi connectivity index (χ2n) is 4.89. The summed E-state index contributed by atoms with van der Waals surface area (Å²) in [7, 11) is 0. The average molecular weight is 285 g/mol. The Morgan fingerprint density at radius 1 is 1.38 bits per heavy atom. The van der Waals surface area contributed by atoms with E-state index in [0.717, 1.165) is 12.0 Å². The Morgan fingerprint density at radius 2 is 2.29 bits per heavy atom. The number of amides is 1. The highest BCUT2D eigenvalue weighted by Crippen LogP contribution is 2.28. The van der Waals surface area contributed by atoms with Crippen LogP contribution in [-0.4, -0.2) is 28.5 Å². The molecule has 1 aliphatic heterocycles. The SMILES string of the molecule is O=C(N[C@H]1CCO[C@@H]1c1cccnc1)c1ccc(=O)[nH]c1. The van der Waals surface area contributed by atoms with Gasteiger partial charge in [0.15, 0.2) is 0 Å². The molecule has 1 fully saturated rings. The zero-order chi connectivity index (χ0) is 14.7. The zero-order valence-electron chi connectivity index (χ0n) is 11.3. The highest BCUT2D eigenvalue weighted by Gasteiger charge is 2.31. The first-order valence-corrected chi connectivity index (χ1v) is 6.75. The molecule has 6 heteroatoms. The quantitative estimate of drug-likeness (QED) is 0.882. The zero-order valence-corrected chi connectivity index (χ0v) is 11.3. The standard InChI is InChI=1S/C15H15N3O3/c19-13-4-3-11(9-17-13)15(20)18-12-5-7-21-14(12)10-2-1-6-16-8-10/h1-4,6,8-9,12,14H,5,7H2,(H,17,19)(H,18,20)/t12-,14+/m0/s1. The van der Waals surface area contributed by atoms with Gasteiger partial charge in [0.05, 0.1) is 11.6 Å². The van der Waals surface area contributed by atoms with E-state index < -0.39 is 0 Å². The number of aromatic nitrogens is 2. The molecule has 0 saturated carbocycles. The van der Waals surface area contributed by atoms with Gasteiger partial charge in [-0.15, -0.1) is 0 Å². The smallest absolute Gasteiger partial charge is 0.253 e. The van der Waals surface area contributed by atoms with E-state index in [1.54, 1.807) is 12.4 Å². The van der Waals surface area contributed by atoms with E-state index in [-0.39, 0.29) is 23.6 Å². The number of hydrogen-bond donors (Lipinski definition) is 2.